The van der Waals surface area contributed by atoms with E-state index in [-0.39, 0.29) is 5.56 Å². The van der Waals surface area contributed by atoms with E-state index in [1.165, 1.54) is 6.07 Å². The Morgan fingerprint density at radius 3 is 2.38 bits per heavy atom. The number of hydrogen-bond acceptors (Lipinski definition) is 3. The number of nitrogen functional groups attached to an aromatic ring is 1. The zero-order valence-electron chi connectivity index (χ0n) is 6.78. The predicted molar refractivity (Wildman–Crippen MR) is 47.9 cm³/mol. The molecule has 5 N–H and O–H groups in total. The lowest BCUT2D eigenvalue weighted by atomic mass is 10.2. The van der Waals surface area contributed by atoms with E-state index in [1.54, 1.807) is 18.2 Å². The van der Waals surface area contributed by atoms with Crippen LogP contribution in [0.2, 0.25) is 0 Å². The van der Waals surface area contributed by atoms with Gasteiger partial charge in [0.1, 0.15) is 0 Å². The van der Waals surface area contributed by atoms with Gasteiger partial charge in [0.15, 0.2) is 0 Å². The number of para-hydroxylation sites is 1. The molecule has 5 heteroatoms. The summed E-state index contributed by atoms with van der Waals surface area (Å²) >= 11 is 0. The lowest BCUT2D eigenvalue weighted by Gasteiger charge is -2.02. The van der Waals surface area contributed by atoms with Crippen molar-refractivity contribution in [2.24, 2.45) is 5.73 Å². The molecule has 5 nitrogen and oxygen atoms in total. The summed E-state index contributed by atoms with van der Waals surface area (Å²) in [6.07, 6.45) is 0. The van der Waals surface area contributed by atoms with E-state index >= 15 is 0 Å². The van der Waals surface area contributed by atoms with Gasteiger partial charge in [0, 0.05) is 5.69 Å². The van der Waals surface area contributed by atoms with Crippen molar-refractivity contribution in [2.45, 2.75) is 0 Å². The highest BCUT2D eigenvalue weighted by Gasteiger charge is 2.09. The Balaban J connectivity index is 2.89. The average molecular weight is 179 g/mol. The van der Waals surface area contributed by atoms with Crippen molar-refractivity contribution in [2.75, 3.05) is 5.73 Å². The van der Waals surface area contributed by atoms with E-state index in [0.29, 0.717) is 5.69 Å². The minimum absolute atomic E-state index is 0.237. The van der Waals surface area contributed by atoms with Gasteiger partial charge in [-0.15, -0.1) is 0 Å². The largest absolute Gasteiger partial charge is 0.398 e. The average Bonchev–Trinajstić information content (AvgIpc) is 2.03. The second-order valence-electron chi connectivity index (χ2n) is 2.41. The fraction of sp³-hybridized carbons (Fsp3) is 0. The van der Waals surface area contributed by atoms with Crippen LogP contribution >= 0.6 is 0 Å². The Bertz CT molecular complexity index is 349. The molecule has 1 aromatic rings. The van der Waals surface area contributed by atoms with E-state index in [2.05, 4.69) is 0 Å². The Morgan fingerprint density at radius 1 is 1.23 bits per heavy atom. The summed E-state index contributed by atoms with van der Waals surface area (Å²) < 4.78 is 0. The Labute approximate surface area is 74.7 Å². The van der Waals surface area contributed by atoms with Crippen LogP contribution in [0.5, 0.6) is 0 Å². The van der Waals surface area contributed by atoms with E-state index in [4.69, 9.17) is 11.5 Å². The number of nitrogens with one attached hydrogen (secondary N) is 1. The lowest BCUT2D eigenvalue weighted by Crippen LogP contribution is -2.35. The first-order valence-electron chi connectivity index (χ1n) is 3.56. The third kappa shape index (κ3) is 2.19. The van der Waals surface area contributed by atoms with Crippen molar-refractivity contribution in [3.63, 3.8) is 0 Å². The van der Waals surface area contributed by atoms with E-state index in [0.717, 1.165) is 0 Å². The molecule has 0 aromatic heterocycles. The van der Waals surface area contributed by atoms with Gasteiger partial charge in [0.05, 0.1) is 5.56 Å². The summed E-state index contributed by atoms with van der Waals surface area (Å²) in [7, 11) is 0. The highest BCUT2D eigenvalue weighted by molar-refractivity contribution is 6.06. The van der Waals surface area contributed by atoms with Gasteiger partial charge in [-0.2, -0.15) is 0 Å². The molecular formula is C8H9N3O2. The van der Waals surface area contributed by atoms with E-state index < -0.39 is 11.9 Å². The molecule has 3 amide bonds. The Hall–Kier alpha value is -2.04. The lowest BCUT2D eigenvalue weighted by molar-refractivity contribution is 0.0967. The van der Waals surface area contributed by atoms with Gasteiger partial charge in [0.25, 0.3) is 5.91 Å². The maximum absolute atomic E-state index is 11.2. The van der Waals surface area contributed by atoms with E-state index in [9.17, 15) is 9.59 Å². The summed E-state index contributed by atoms with van der Waals surface area (Å²) in [5.41, 5.74) is 10.8. The van der Waals surface area contributed by atoms with Crippen molar-refractivity contribution in [1.29, 1.82) is 0 Å². The highest BCUT2D eigenvalue weighted by atomic mass is 16.2. The molecule has 1 aromatic carbocycles. The van der Waals surface area contributed by atoms with Crippen molar-refractivity contribution < 1.29 is 9.59 Å². The number of carbonyl (C=O) groups excluding carboxylic acids is 2. The van der Waals surface area contributed by atoms with Crippen LogP contribution in [0, 0.1) is 0 Å². The zero-order chi connectivity index (χ0) is 9.84. The molecule has 0 aliphatic rings. The smallest absolute Gasteiger partial charge is 0.319 e. The van der Waals surface area contributed by atoms with Crippen LogP contribution in [0.25, 0.3) is 0 Å². The summed E-state index contributed by atoms with van der Waals surface area (Å²) in [5, 5.41) is 1.92. The first kappa shape index (κ1) is 9.05. The van der Waals surface area contributed by atoms with Crippen molar-refractivity contribution in [3.8, 4) is 0 Å². The van der Waals surface area contributed by atoms with Crippen LogP contribution in [0.1, 0.15) is 10.4 Å². The molecule has 0 radical (unpaired) electrons. The molecule has 0 saturated heterocycles. The summed E-state index contributed by atoms with van der Waals surface area (Å²) in [5.74, 6) is -0.592. The molecule has 68 valence electrons. The van der Waals surface area contributed by atoms with Gasteiger partial charge < -0.3 is 11.5 Å². The second-order valence-corrected chi connectivity index (χ2v) is 2.41. The van der Waals surface area contributed by atoms with Crippen LogP contribution in [-0.4, -0.2) is 11.9 Å². The van der Waals surface area contributed by atoms with Gasteiger partial charge >= 0.3 is 6.03 Å². The summed E-state index contributed by atoms with van der Waals surface area (Å²) in [6, 6.07) is 5.51. The summed E-state index contributed by atoms with van der Waals surface area (Å²) in [6.45, 7) is 0. The molecule has 0 bridgehead atoms. The number of benzene rings is 1. The van der Waals surface area contributed by atoms with Gasteiger partial charge in [-0.25, -0.2) is 4.79 Å². The zero-order valence-corrected chi connectivity index (χ0v) is 6.78. The van der Waals surface area contributed by atoms with Crippen LogP contribution in [0.3, 0.4) is 0 Å². The minimum atomic E-state index is -0.895. The van der Waals surface area contributed by atoms with Crippen LogP contribution in [0.15, 0.2) is 24.3 Å². The van der Waals surface area contributed by atoms with Crippen LogP contribution in [-0.2, 0) is 0 Å². The number of amides is 3. The molecule has 0 atom stereocenters. The van der Waals surface area contributed by atoms with Gasteiger partial charge in [-0.1, -0.05) is 12.1 Å². The minimum Gasteiger partial charge on any atom is -0.398 e. The Morgan fingerprint density at radius 2 is 1.85 bits per heavy atom. The van der Waals surface area contributed by atoms with Crippen molar-refractivity contribution in [3.05, 3.63) is 29.8 Å². The number of nitrogens with two attached hydrogens (primary N) is 2. The monoisotopic (exact) mass is 179 g/mol. The predicted octanol–water partition coefficient (Wildman–Crippen LogP) is 0.0773. The summed E-state index contributed by atoms with van der Waals surface area (Å²) in [4.78, 5) is 21.5. The van der Waals surface area contributed by atoms with Crippen molar-refractivity contribution in [1.82, 2.24) is 5.32 Å². The Kier molecular flexibility index (Phi) is 2.49. The maximum atomic E-state index is 11.2. The van der Waals surface area contributed by atoms with Gasteiger partial charge in [-0.3, -0.25) is 10.1 Å². The van der Waals surface area contributed by atoms with Crippen LogP contribution in [0.4, 0.5) is 10.5 Å². The number of imide groups is 1. The first-order valence-corrected chi connectivity index (χ1v) is 3.56. The third-order valence-corrected chi connectivity index (χ3v) is 1.44. The topological polar surface area (TPSA) is 98.2 Å². The van der Waals surface area contributed by atoms with Crippen LogP contribution < -0.4 is 16.8 Å². The maximum Gasteiger partial charge on any atom is 0.319 e. The fourth-order valence-corrected chi connectivity index (χ4v) is 0.883. The number of rotatable bonds is 1. The number of hydrogen-bond donors (Lipinski definition) is 3. The number of anilines is 1. The number of urea groups is 1. The number of carbonyl (C=O) groups is 2. The molecule has 0 aliphatic heterocycles. The van der Waals surface area contributed by atoms with Gasteiger partial charge in [-0.05, 0) is 12.1 Å². The standard InChI is InChI=1S/C8H9N3O2/c9-6-4-2-1-3-5(6)7(12)11-8(10)13/h1-4H,9H2,(H3,10,11,12,13). The molecule has 1 rings (SSSR count). The number of primary amides is 1. The van der Waals surface area contributed by atoms with Crippen molar-refractivity contribution >= 4 is 17.6 Å². The fourth-order valence-electron chi connectivity index (χ4n) is 0.883. The second kappa shape index (κ2) is 3.57. The molecular weight excluding hydrogens is 170 g/mol. The molecule has 0 unspecified atom stereocenters. The molecule has 0 heterocycles. The normalized spacial score (nSPS) is 9.23. The SMILES string of the molecule is NC(=O)NC(=O)c1ccccc1N. The third-order valence-electron chi connectivity index (χ3n) is 1.44. The molecule has 0 fully saturated rings. The quantitative estimate of drug-likeness (QED) is 0.532. The molecule has 13 heavy (non-hydrogen) atoms. The highest BCUT2D eigenvalue weighted by Crippen LogP contribution is 2.09. The first-order chi connectivity index (χ1) is 6.11. The molecule has 0 aliphatic carbocycles. The van der Waals surface area contributed by atoms with Gasteiger partial charge in [0.2, 0.25) is 0 Å². The molecule has 0 spiro atoms. The molecule has 0 saturated carbocycles. The van der Waals surface area contributed by atoms with E-state index in [1.807, 2.05) is 5.32 Å².